The molecule has 0 spiro atoms. The minimum Gasteiger partial charge on any atom is -0.494 e. The number of carbonyl (C=O) groups is 2. The molecule has 136 valence electrons. The molecule has 3 rings (SSSR count). The normalized spacial score (nSPS) is 12.3. The Morgan fingerprint density at radius 2 is 1.73 bits per heavy atom. The second kappa shape index (κ2) is 8.38. The summed E-state index contributed by atoms with van der Waals surface area (Å²) in [7, 11) is 0. The number of Topliss-reactive ketones (excluding diaryl/α,β-unsaturated/α-hetero) is 1. The van der Waals surface area contributed by atoms with Crippen LogP contribution in [0.3, 0.4) is 0 Å². The Labute approximate surface area is 152 Å². The van der Waals surface area contributed by atoms with Gasteiger partial charge >= 0.3 is 0 Å². The fraction of sp³-hybridized carbons (Fsp3) is 0.300. The largest absolute Gasteiger partial charge is 0.494 e. The molecule has 0 saturated carbocycles. The smallest absolute Gasteiger partial charge is 0.224 e. The monoisotopic (exact) mass is 355 g/mol. The van der Waals surface area contributed by atoms with Gasteiger partial charge in [0.15, 0.2) is 17.3 Å². The van der Waals surface area contributed by atoms with E-state index in [0.717, 1.165) is 5.75 Å². The zero-order chi connectivity index (χ0) is 18.4. The number of fused-ring (bicyclic) bond motifs is 1. The summed E-state index contributed by atoms with van der Waals surface area (Å²) in [6.45, 7) is 3.48. The number of anilines is 1. The van der Waals surface area contributed by atoms with Gasteiger partial charge in [0.1, 0.15) is 19.0 Å². The van der Waals surface area contributed by atoms with Crippen LogP contribution in [0.1, 0.15) is 30.1 Å². The SMILES string of the molecule is CCOc1ccc(NC(=O)CCC(=O)c2ccc3c(c2)OCCO3)cc1. The van der Waals surface area contributed by atoms with Crippen LogP contribution in [0.5, 0.6) is 17.2 Å². The highest BCUT2D eigenvalue weighted by Crippen LogP contribution is 2.31. The molecule has 26 heavy (non-hydrogen) atoms. The van der Waals surface area contributed by atoms with Crippen molar-refractivity contribution in [2.24, 2.45) is 0 Å². The summed E-state index contributed by atoms with van der Waals surface area (Å²) in [6, 6.07) is 12.2. The summed E-state index contributed by atoms with van der Waals surface area (Å²) >= 11 is 0. The van der Waals surface area contributed by atoms with E-state index in [2.05, 4.69) is 5.32 Å². The maximum atomic E-state index is 12.3. The number of carbonyl (C=O) groups excluding carboxylic acids is 2. The fourth-order valence-electron chi connectivity index (χ4n) is 2.61. The zero-order valence-corrected chi connectivity index (χ0v) is 14.6. The minimum absolute atomic E-state index is 0.108. The Morgan fingerprint density at radius 1 is 1.00 bits per heavy atom. The van der Waals surface area contributed by atoms with E-state index in [4.69, 9.17) is 14.2 Å². The van der Waals surface area contributed by atoms with Crippen LogP contribution in [-0.2, 0) is 4.79 Å². The van der Waals surface area contributed by atoms with Crippen molar-refractivity contribution < 1.29 is 23.8 Å². The van der Waals surface area contributed by atoms with Crippen molar-refractivity contribution in [2.75, 3.05) is 25.1 Å². The first-order valence-corrected chi connectivity index (χ1v) is 8.61. The van der Waals surface area contributed by atoms with Gasteiger partial charge in [-0.15, -0.1) is 0 Å². The molecule has 1 aliphatic rings. The summed E-state index contributed by atoms with van der Waals surface area (Å²) < 4.78 is 16.3. The van der Waals surface area contributed by atoms with Crippen LogP contribution in [0.2, 0.25) is 0 Å². The number of ketones is 1. The van der Waals surface area contributed by atoms with Crippen molar-refractivity contribution >= 4 is 17.4 Å². The van der Waals surface area contributed by atoms with Gasteiger partial charge < -0.3 is 19.5 Å². The molecule has 0 aliphatic carbocycles. The lowest BCUT2D eigenvalue weighted by molar-refractivity contribution is -0.116. The van der Waals surface area contributed by atoms with E-state index >= 15 is 0 Å². The second-order valence-corrected chi connectivity index (χ2v) is 5.79. The third-order valence-electron chi connectivity index (χ3n) is 3.89. The lowest BCUT2D eigenvalue weighted by Gasteiger charge is -2.18. The van der Waals surface area contributed by atoms with Crippen molar-refractivity contribution in [3.63, 3.8) is 0 Å². The number of benzene rings is 2. The van der Waals surface area contributed by atoms with Gasteiger partial charge in [0.2, 0.25) is 5.91 Å². The number of nitrogens with one attached hydrogen (secondary N) is 1. The molecule has 0 fully saturated rings. The summed E-state index contributed by atoms with van der Waals surface area (Å²) in [5.41, 5.74) is 1.19. The van der Waals surface area contributed by atoms with E-state index in [-0.39, 0.29) is 24.5 Å². The Morgan fingerprint density at radius 3 is 2.46 bits per heavy atom. The highest BCUT2D eigenvalue weighted by atomic mass is 16.6. The first-order chi connectivity index (χ1) is 12.7. The fourth-order valence-corrected chi connectivity index (χ4v) is 2.61. The third-order valence-corrected chi connectivity index (χ3v) is 3.89. The lowest BCUT2D eigenvalue weighted by Crippen LogP contribution is -2.16. The molecule has 0 saturated heterocycles. The lowest BCUT2D eigenvalue weighted by atomic mass is 10.1. The van der Waals surface area contributed by atoms with Crippen LogP contribution in [0.4, 0.5) is 5.69 Å². The van der Waals surface area contributed by atoms with Crippen molar-refractivity contribution in [1.29, 1.82) is 0 Å². The highest BCUT2D eigenvalue weighted by Gasteiger charge is 2.15. The molecule has 0 unspecified atom stereocenters. The van der Waals surface area contributed by atoms with Crippen molar-refractivity contribution in [3.05, 3.63) is 48.0 Å². The van der Waals surface area contributed by atoms with E-state index in [9.17, 15) is 9.59 Å². The van der Waals surface area contributed by atoms with E-state index < -0.39 is 0 Å². The van der Waals surface area contributed by atoms with Crippen LogP contribution in [-0.4, -0.2) is 31.5 Å². The van der Waals surface area contributed by atoms with Gasteiger partial charge in [-0.1, -0.05) is 0 Å². The van der Waals surface area contributed by atoms with E-state index in [1.54, 1.807) is 42.5 Å². The van der Waals surface area contributed by atoms with Crippen LogP contribution in [0, 0.1) is 0 Å². The highest BCUT2D eigenvalue weighted by molar-refractivity contribution is 6.00. The molecular formula is C20H21NO5. The van der Waals surface area contributed by atoms with Crippen LogP contribution >= 0.6 is 0 Å². The predicted molar refractivity (Wildman–Crippen MR) is 97.2 cm³/mol. The quantitative estimate of drug-likeness (QED) is 0.770. The minimum atomic E-state index is -0.208. The van der Waals surface area contributed by atoms with Gasteiger partial charge in [-0.25, -0.2) is 0 Å². The second-order valence-electron chi connectivity index (χ2n) is 5.79. The van der Waals surface area contributed by atoms with E-state index in [0.29, 0.717) is 42.6 Å². The van der Waals surface area contributed by atoms with Crippen LogP contribution in [0.15, 0.2) is 42.5 Å². The number of rotatable bonds is 7. The molecule has 1 heterocycles. The first kappa shape index (κ1) is 17.8. The van der Waals surface area contributed by atoms with E-state index in [1.807, 2.05) is 6.92 Å². The zero-order valence-electron chi connectivity index (χ0n) is 14.6. The van der Waals surface area contributed by atoms with Gasteiger partial charge in [0.05, 0.1) is 6.61 Å². The Bertz CT molecular complexity index is 785. The molecule has 2 aromatic rings. The number of hydrogen-bond acceptors (Lipinski definition) is 5. The van der Waals surface area contributed by atoms with E-state index in [1.165, 1.54) is 0 Å². The molecule has 1 aliphatic heterocycles. The molecule has 1 N–H and O–H groups in total. The maximum absolute atomic E-state index is 12.3. The topological polar surface area (TPSA) is 73.9 Å². The Hall–Kier alpha value is -3.02. The standard InChI is InChI=1S/C20H21NO5/c1-2-24-16-6-4-15(5-7-16)21-20(23)10-8-17(22)14-3-9-18-19(13-14)26-12-11-25-18/h3-7,9,13H,2,8,10-12H2,1H3,(H,21,23). The molecule has 6 heteroatoms. The van der Waals surface area contributed by atoms with Crippen LogP contribution in [0.25, 0.3) is 0 Å². The number of hydrogen-bond donors (Lipinski definition) is 1. The van der Waals surface area contributed by atoms with Gasteiger partial charge in [0.25, 0.3) is 0 Å². The molecule has 0 radical (unpaired) electrons. The van der Waals surface area contributed by atoms with Crippen LogP contribution < -0.4 is 19.5 Å². The molecule has 2 aromatic carbocycles. The molecule has 6 nitrogen and oxygen atoms in total. The van der Waals surface area contributed by atoms with Gasteiger partial charge in [0, 0.05) is 24.1 Å². The third kappa shape index (κ3) is 4.53. The summed E-state index contributed by atoms with van der Waals surface area (Å²) in [5.74, 6) is 1.64. The maximum Gasteiger partial charge on any atom is 0.224 e. The Kier molecular flexibility index (Phi) is 5.73. The molecule has 1 amide bonds. The molecular weight excluding hydrogens is 334 g/mol. The average Bonchev–Trinajstić information content (AvgIpc) is 2.67. The number of amides is 1. The summed E-state index contributed by atoms with van der Waals surface area (Å²) in [4.78, 5) is 24.4. The number of ether oxygens (including phenoxy) is 3. The average molecular weight is 355 g/mol. The Balaban J connectivity index is 1.51. The first-order valence-electron chi connectivity index (χ1n) is 8.61. The molecule has 0 bridgehead atoms. The van der Waals surface area contributed by atoms with Crippen molar-refractivity contribution in [2.45, 2.75) is 19.8 Å². The molecule has 0 aromatic heterocycles. The van der Waals surface area contributed by atoms with Gasteiger partial charge in [-0.3, -0.25) is 9.59 Å². The summed E-state index contributed by atoms with van der Waals surface area (Å²) in [6.07, 6.45) is 0.239. The summed E-state index contributed by atoms with van der Waals surface area (Å²) in [5, 5.41) is 2.78. The molecule has 0 atom stereocenters. The van der Waals surface area contributed by atoms with Crippen molar-refractivity contribution in [3.8, 4) is 17.2 Å². The van der Waals surface area contributed by atoms with Crippen molar-refractivity contribution in [1.82, 2.24) is 0 Å². The van der Waals surface area contributed by atoms with Gasteiger partial charge in [-0.2, -0.15) is 0 Å². The predicted octanol–water partition coefficient (Wildman–Crippen LogP) is 3.46. The van der Waals surface area contributed by atoms with Gasteiger partial charge in [-0.05, 0) is 49.4 Å².